The topological polar surface area (TPSA) is 46.5 Å². The third kappa shape index (κ3) is 17.7. The molecule has 1 unspecified atom stereocenters. The molecule has 1 N–H and O–H groups in total. The van der Waals surface area contributed by atoms with Crippen molar-refractivity contribution in [2.75, 3.05) is 21.1 Å². The summed E-state index contributed by atoms with van der Waals surface area (Å²) in [6.07, 6.45) is 18.9. The van der Waals surface area contributed by atoms with Gasteiger partial charge in [0.2, 0.25) is 0 Å². The summed E-state index contributed by atoms with van der Waals surface area (Å²) in [4.78, 5) is 16.7. The van der Waals surface area contributed by atoms with Crippen molar-refractivity contribution in [1.29, 1.82) is 0 Å². The minimum atomic E-state index is -0.991. The number of hydrogen-bond acceptors (Lipinski definition) is 3. The summed E-state index contributed by atoms with van der Waals surface area (Å²) in [5, 5.41) is 9.78. The normalized spacial score (nSPS) is 13.3. The van der Waals surface area contributed by atoms with E-state index in [1.807, 2.05) is 0 Å². The molecular weight excluding hydrogens is 314 g/mol. The minimum Gasteiger partial charge on any atom is -0.381 e. The van der Waals surface area contributed by atoms with Gasteiger partial charge in [0.15, 0.2) is 6.10 Å². The molecular formula is C21H42NO3+. The molecule has 1 atom stereocenters. The molecule has 0 fully saturated rings. The molecule has 0 amide bonds. The van der Waals surface area contributed by atoms with Crippen LogP contribution < -0.4 is 0 Å². The van der Waals surface area contributed by atoms with Crippen LogP contribution in [0.4, 0.5) is 0 Å². The highest BCUT2D eigenvalue weighted by atomic mass is 16.7. The standard InChI is InChI=1S/C21H42NO3/c1-5-6-7-8-9-10-11-12-13-14-15-16-17-18-19-20(23)21(24)25-22(2,3)4/h12-13,20,23H,5-11,14-19H2,1-4H3/q+1/b13-12-. The SMILES string of the molecule is CCCCCCCC/C=C\CCCCCCC(O)C(=O)O[N+](C)(C)C. The molecule has 0 spiro atoms. The lowest BCUT2D eigenvalue weighted by molar-refractivity contribution is -1.04. The van der Waals surface area contributed by atoms with Crippen LogP contribution in [0.1, 0.15) is 90.4 Å². The highest BCUT2D eigenvalue weighted by Crippen LogP contribution is 2.11. The van der Waals surface area contributed by atoms with Crippen LogP contribution in [-0.2, 0) is 9.63 Å². The summed E-state index contributed by atoms with van der Waals surface area (Å²) >= 11 is 0. The van der Waals surface area contributed by atoms with Gasteiger partial charge in [0.25, 0.3) is 0 Å². The smallest absolute Gasteiger partial charge is 0.381 e. The van der Waals surface area contributed by atoms with Gasteiger partial charge in [0.05, 0.1) is 0 Å². The lowest BCUT2D eigenvalue weighted by Crippen LogP contribution is -2.40. The predicted molar refractivity (Wildman–Crippen MR) is 105 cm³/mol. The van der Waals surface area contributed by atoms with Crippen LogP contribution >= 0.6 is 0 Å². The Balaban J connectivity index is 3.40. The zero-order chi connectivity index (χ0) is 19.0. The highest BCUT2D eigenvalue weighted by Gasteiger charge is 2.23. The minimum absolute atomic E-state index is 0.0843. The van der Waals surface area contributed by atoms with Gasteiger partial charge in [-0.25, -0.2) is 4.79 Å². The summed E-state index contributed by atoms with van der Waals surface area (Å²) < 4.78 is 0.0843. The van der Waals surface area contributed by atoms with Crippen molar-refractivity contribution < 1.29 is 19.4 Å². The van der Waals surface area contributed by atoms with E-state index in [0.717, 1.165) is 25.7 Å². The second kappa shape index (κ2) is 15.4. The summed E-state index contributed by atoms with van der Waals surface area (Å²) in [6, 6.07) is 0. The molecule has 148 valence electrons. The maximum absolute atomic E-state index is 11.6. The van der Waals surface area contributed by atoms with Crippen molar-refractivity contribution in [1.82, 2.24) is 0 Å². The van der Waals surface area contributed by atoms with Gasteiger partial charge in [-0.15, -0.1) is 4.65 Å². The van der Waals surface area contributed by atoms with Crippen LogP contribution in [-0.4, -0.2) is 43.0 Å². The number of aliphatic hydroxyl groups is 1. The molecule has 4 nitrogen and oxygen atoms in total. The Morgan fingerprint density at radius 3 is 1.88 bits per heavy atom. The molecule has 0 aliphatic rings. The first-order chi connectivity index (χ1) is 11.9. The molecule has 0 aromatic carbocycles. The number of aliphatic hydroxyl groups excluding tert-OH is 1. The van der Waals surface area contributed by atoms with Crippen molar-refractivity contribution in [2.24, 2.45) is 0 Å². The molecule has 0 aliphatic heterocycles. The van der Waals surface area contributed by atoms with Crippen molar-refractivity contribution in [3.8, 4) is 0 Å². The fraction of sp³-hybridized carbons (Fsp3) is 0.857. The molecule has 0 bridgehead atoms. The zero-order valence-corrected chi connectivity index (χ0v) is 17.1. The fourth-order valence-corrected chi connectivity index (χ4v) is 2.68. The van der Waals surface area contributed by atoms with E-state index in [1.165, 1.54) is 51.4 Å². The Morgan fingerprint density at radius 1 is 0.880 bits per heavy atom. The summed E-state index contributed by atoms with van der Waals surface area (Å²) in [5.74, 6) is -0.523. The Labute approximate surface area is 155 Å². The highest BCUT2D eigenvalue weighted by molar-refractivity contribution is 5.73. The van der Waals surface area contributed by atoms with E-state index in [2.05, 4.69) is 19.1 Å². The Hall–Kier alpha value is -0.870. The van der Waals surface area contributed by atoms with E-state index in [9.17, 15) is 9.90 Å². The van der Waals surface area contributed by atoms with Gasteiger partial charge in [-0.05, 0) is 32.1 Å². The lowest BCUT2D eigenvalue weighted by atomic mass is 10.1. The maximum atomic E-state index is 11.6. The molecule has 0 radical (unpaired) electrons. The number of nitrogens with zero attached hydrogens (tertiary/aromatic N) is 1. The Bertz CT molecular complexity index is 348. The van der Waals surface area contributed by atoms with Crippen molar-refractivity contribution in [3.63, 3.8) is 0 Å². The van der Waals surface area contributed by atoms with Gasteiger partial charge in [0, 0.05) is 0 Å². The van der Waals surface area contributed by atoms with Gasteiger partial charge in [0.1, 0.15) is 21.1 Å². The monoisotopic (exact) mass is 356 g/mol. The number of quaternary nitrogens is 1. The average molecular weight is 357 g/mol. The van der Waals surface area contributed by atoms with E-state index >= 15 is 0 Å². The van der Waals surface area contributed by atoms with Gasteiger partial charge in [-0.1, -0.05) is 70.4 Å². The molecule has 0 aromatic rings. The van der Waals surface area contributed by atoms with E-state index < -0.39 is 12.1 Å². The quantitative estimate of drug-likeness (QED) is 0.180. The fourth-order valence-electron chi connectivity index (χ4n) is 2.68. The molecule has 0 heterocycles. The van der Waals surface area contributed by atoms with Gasteiger partial charge >= 0.3 is 5.97 Å². The van der Waals surface area contributed by atoms with Crippen LogP contribution in [0.3, 0.4) is 0 Å². The van der Waals surface area contributed by atoms with Crippen molar-refractivity contribution in [3.05, 3.63) is 12.2 Å². The largest absolute Gasteiger partial charge is 0.394 e. The van der Waals surface area contributed by atoms with E-state index in [-0.39, 0.29) is 4.65 Å². The molecule has 0 saturated carbocycles. The first kappa shape index (κ1) is 24.1. The Kier molecular flexibility index (Phi) is 14.9. The molecule has 4 heteroatoms. The first-order valence-electron chi connectivity index (χ1n) is 10.2. The molecule has 25 heavy (non-hydrogen) atoms. The molecule has 0 saturated heterocycles. The molecule has 0 aromatic heterocycles. The second-order valence-corrected chi connectivity index (χ2v) is 7.83. The van der Waals surface area contributed by atoms with Crippen molar-refractivity contribution in [2.45, 2.75) is 96.5 Å². The second-order valence-electron chi connectivity index (χ2n) is 7.83. The number of carbonyl (C=O) groups excluding carboxylic acids is 1. The van der Waals surface area contributed by atoms with Crippen LogP contribution in [0.5, 0.6) is 0 Å². The first-order valence-corrected chi connectivity index (χ1v) is 10.2. The number of carbonyl (C=O) groups is 1. The van der Waals surface area contributed by atoms with Crippen molar-refractivity contribution >= 4 is 5.97 Å². The summed E-state index contributed by atoms with van der Waals surface area (Å²) in [5.41, 5.74) is 0. The maximum Gasteiger partial charge on any atom is 0.394 e. The van der Waals surface area contributed by atoms with Gasteiger partial charge in [-0.3, -0.25) is 4.84 Å². The van der Waals surface area contributed by atoms with Gasteiger partial charge < -0.3 is 5.11 Å². The molecule has 0 rings (SSSR count). The van der Waals surface area contributed by atoms with E-state index in [1.54, 1.807) is 21.1 Å². The van der Waals surface area contributed by atoms with Crippen LogP contribution in [0.2, 0.25) is 0 Å². The predicted octanol–water partition coefficient (Wildman–Crippen LogP) is 5.16. The number of hydrogen-bond donors (Lipinski definition) is 1. The van der Waals surface area contributed by atoms with Gasteiger partial charge in [-0.2, -0.15) is 0 Å². The number of unbranched alkanes of at least 4 members (excludes halogenated alkanes) is 10. The summed E-state index contributed by atoms with van der Waals surface area (Å²) in [7, 11) is 5.26. The number of rotatable bonds is 16. The van der Waals surface area contributed by atoms with E-state index in [4.69, 9.17) is 4.84 Å². The van der Waals surface area contributed by atoms with E-state index in [0.29, 0.717) is 6.42 Å². The third-order valence-electron chi connectivity index (χ3n) is 4.13. The lowest BCUT2D eigenvalue weighted by Gasteiger charge is -2.21. The Morgan fingerprint density at radius 2 is 1.36 bits per heavy atom. The average Bonchev–Trinajstić information content (AvgIpc) is 2.53. The van der Waals surface area contributed by atoms with Crippen LogP contribution in [0, 0.1) is 0 Å². The number of hydroxylamine groups is 3. The number of allylic oxidation sites excluding steroid dienone is 2. The van der Waals surface area contributed by atoms with Crippen LogP contribution in [0.15, 0.2) is 12.2 Å². The molecule has 0 aliphatic carbocycles. The van der Waals surface area contributed by atoms with Crippen LogP contribution in [0.25, 0.3) is 0 Å². The summed E-state index contributed by atoms with van der Waals surface area (Å²) in [6.45, 7) is 2.26. The zero-order valence-electron chi connectivity index (χ0n) is 17.1. The third-order valence-corrected chi connectivity index (χ3v) is 4.13.